The van der Waals surface area contributed by atoms with Crippen LogP contribution in [0.25, 0.3) is 0 Å². The van der Waals surface area contributed by atoms with E-state index >= 15 is 0 Å². The average Bonchev–Trinajstić information content (AvgIpc) is 2.38. The molecule has 0 heterocycles. The molecule has 2 unspecified atom stereocenters. The van der Waals surface area contributed by atoms with Gasteiger partial charge >= 0.3 is 0 Å². The second-order valence-electron chi connectivity index (χ2n) is 5.68. The number of hydrogen-bond acceptors (Lipinski definition) is 0. The van der Waals surface area contributed by atoms with Crippen molar-refractivity contribution in [1.29, 1.82) is 0 Å². The molecule has 0 heteroatoms. The van der Waals surface area contributed by atoms with E-state index in [-0.39, 0.29) is 5.41 Å². The fourth-order valence-electron chi connectivity index (χ4n) is 2.31. The Bertz CT molecular complexity index is 460. The van der Waals surface area contributed by atoms with Crippen LogP contribution in [0.15, 0.2) is 66.8 Å². The standard InChI is InChI=1S/C18H22/c1-15(16-9-5-4-6-10-16)12-13-17-11-7-8-14-18(17,2)3/h4-15,17H,1-3H3. The van der Waals surface area contributed by atoms with E-state index in [1.54, 1.807) is 0 Å². The van der Waals surface area contributed by atoms with Crippen LogP contribution in [0, 0.1) is 11.3 Å². The summed E-state index contributed by atoms with van der Waals surface area (Å²) in [5.74, 6) is 0.968. The highest BCUT2D eigenvalue weighted by atomic mass is 14.3. The Labute approximate surface area is 111 Å². The molecular weight excluding hydrogens is 216 g/mol. The van der Waals surface area contributed by atoms with Crippen LogP contribution < -0.4 is 0 Å². The lowest BCUT2D eigenvalue weighted by molar-refractivity contribution is 0.396. The van der Waals surface area contributed by atoms with Gasteiger partial charge in [0.05, 0.1) is 0 Å². The van der Waals surface area contributed by atoms with Gasteiger partial charge in [-0.3, -0.25) is 0 Å². The molecule has 18 heavy (non-hydrogen) atoms. The highest BCUT2D eigenvalue weighted by molar-refractivity contribution is 5.26. The Morgan fingerprint density at radius 1 is 1.11 bits per heavy atom. The lowest BCUT2D eigenvalue weighted by Crippen LogP contribution is -2.19. The average molecular weight is 238 g/mol. The van der Waals surface area contributed by atoms with Crippen LogP contribution in [0.5, 0.6) is 0 Å². The SMILES string of the molecule is CC(C=CC1C=CC=CC1(C)C)c1ccccc1. The van der Waals surface area contributed by atoms with Crippen molar-refractivity contribution in [2.24, 2.45) is 11.3 Å². The molecule has 0 saturated heterocycles. The van der Waals surface area contributed by atoms with Gasteiger partial charge in [-0.2, -0.15) is 0 Å². The minimum absolute atomic E-state index is 0.224. The molecule has 2 atom stereocenters. The molecule has 0 spiro atoms. The largest absolute Gasteiger partial charge is 0.0807 e. The van der Waals surface area contributed by atoms with Gasteiger partial charge in [0.15, 0.2) is 0 Å². The maximum atomic E-state index is 2.34. The first-order chi connectivity index (χ1) is 8.59. The summed E-state index contributed by atoms with van der Waals surface area (Å²) >= 11 is 0. The Balaban J connectivity index is 2.08. The first-order valence-corrected chi connectivity index (χ1v) is 6.69. The van der Waals surface area contributed by atoms with E-state index < -0.39 is 0 Å². The summed E-state index contributed by atoms with van der Waals surface area (Å²) in [6.07, 6.45) is 13.5. The summed E-state index contributed by atoms with van der Waals surface area (Å²) in [4.78, 5) is 0. The number of rotatable bonds is 3. The van der Waals surface area contributed by atoms with E-state index in [0.717, 1.165) is 0 Å². The fourth-order valence-corrected chi connectivity index (χ4v) is 2.31. The number of benzene rings is 1. The van der Waals surface area contributed by atoms with Crippen molar-refractivity contribution >= 4 is 0 Å². The zero-order valence-corrected chi connectivity index (χ0v) is 11.5. The fraction of sp³-hybridized carbons (Fsp3) is 0.333. The van der Waals surface area contributed by atoms with Crippen LogP contribution in [-0.4, -0.2) is 0 Å². The monoisotopic (exact) mass is 238 g/mol. The maximum Gasteiger partial charge on any atom is 0.00358 e. The van der Waals surface area contributed by atoms with Crippen LogP contribution in [0.4, 0.5) is 0 Å². The van der Waals surface area contributed by atoms with Crippen LogP contribution >= 0.6 is 0 Å². The topological polar surface area (TPSA) is 0 Å². The molecule has 1 aliphatic rings. The molecular formula is C18H22. The van der Waals surface area contributed by atoms with Crippen LogP contribution in [0.1, 0.15) is 32.3 Å². The highest BCUT2D eigenvalue weighted by Crippen LogP contribution is 2.34. The Kier molecular flexibility index (Phi) is 3.86. The summed E-state index contributed by atoms with van der Waals surface area (Å²) in [7, 11) is 0. The molecule has 2 rings (SSSR count). The Morgan fingerprint density at radius 3 is 2.50 bits per heavy atom. The smallest absolute Gasteiger partial charge is 0.00358 e. The van der Waals surface area contributed by atoms with Crippen molar-refractivity contribution in [3.63, 3.8) is 0 Å². The summed E-state index contributed by atoms with van der Waals surface area (Å²) in [6, 6.07) is 10.7. The number of allylic oxidation sites excluding steroid dienone is 6. The zero-order chi connectivity index (χ0) is 13.0. The molecule has 94 valence electrons. The van der Waals surface area contributed by atoms with Gasteiger partial charge in [0.25, 0.3) is 0 Å². The molecule has 1 aliphatic carbocycles. The minimum Gasteiger partial charge on any atom is -0.0807 e. The minimum atomic E-state index is 0.224. The van der Waals surface area contributed by atoms with Gasteiger partial charge < -0.3 is 0 Å². The molecule has 0 amide bonds. The predicted octanol–water partition coefficient (Wildman–Crippen LogP) is 5.11. The first-order valence-electron chi connectivity index (χ1n) is 6.69. The molecule has 1 aromatic rings. The summed E-state index contributed by atoms with van der Waals surface area (Å²) < 4.78 is 0. The lowest BCUT2D eigenvalue weighted by Gasteiger charge is -2.29. The third-order valence-corrected chi connectivity index (χ3v) is 3.75. The molecule has 0 aliphatic heterocycles. The normalized spacial score (nSPS) is 23.4. The van der Waals surface area contributed by atoms with Gasteiger partial charge in [0, 0.05) is 5.92 Å². The van der Waals surface area contributed by atoms with Gasteiger partial charge in [-0.15, -0.1) is 0 Å². The van der Waals surface area contributed by atoms with Crippen LogP contribution in [0.3, 0.4) is 0 Å². The third kappa shape index (κ3) is 3.01. The van der Waals surface area contributed by atoms with Crippen molar-refractivity contribution in [2.75, 3.05) is 0 Å². The van der Waals surface area contributed by atoms with Gasteiger partial charge in [-0.1, -0.05) is 87.6 Å². The zero-order valence-electron chi connectivity index (χ0n) is 11.5. The highest BCUT2D eigenvalue weighted by Gasteiger charge is 2.23. The molecule has 1 aromatic carbocycles. The molecule has 0 radical (unpaired) electrons. The molecule has 0 N–H and O–H groups in total. The van der Waals surface area contributed by atoms with Crippen molar-refractivity contribution in [2.45, 2.75) is 26.7 Å². The summed E-state index contributed by atoms with van der Waals surface area (Å²) in [5, 5.41) is 0. The van der Waals surface area contributed by atoms with E-state index in [4.69, 9.17) is 0 Å². The summed E-state index contributed by atoms with van der Waals surface area (Å²) in [5.41, 5.74) is 1.60. The van der Waals surface area contributed by atoms with Crippen LogP contribution in [0.2, 0.25) is 0 Å². The van der Waals surface area contributed by atoms with E-state index in [0.29, 0.717) is 11.8 Å². The van der Waals surface area contributed by atoms with Gasteiger partial charge in [-0.05, 0) is 16.9 Å². The second-order valence-corrected chi connectivity index (χ2v) is 5.68. The second kappa shape index (κ2) is 5.39. The molecule has 0 saturated carbocycles. The van der Waals surface area contributed by atoms with Crippen LogP contribution in [-0.2, 0) is 0 Å². The molecule has 0 fully saturated rings. The Hall–Kier alpha value is -1.56. The lowest BCUT2D eigenvalue weighted by atomic mass is 9.75. The number of hydrogen-bond donors (Lipinski definition) is 0. The van der Waals surface area contributed by atoms with Gasteiger partial charge in [0.2, 0.25) is 0 Å². The van der Waals surface area contributed by atoms with Crippen molar-refractivity contribution in [3.05, 3.63) is 72.4 Å². The van der Waals surface area contributed by atoms with Gasteiger partial charge in [-0.25, -0.2) is 0 Å². The maximum absolute atomic E-state index is 2.34. The van der Waals surface area contributed by atoms with E-state index in [1.165, 1.54) is 5.56 Å². The van der Waals surface area contributed by atoms with Crippen molar-refractivity contribution in [3.8, 4) is 0 Å². The third-order valence-electron chi connectivity index (χ3n) is 3.75. The van der Waals surface area contributed by atoms with Crippen molar-refractivity contribution in [1.82, 2.24) is 0 Å². The first kappa shape index (κ1) is 12.9. The van der Waals surface area contributed by atoms with E-state index in [1.807, 2.05) is 0 Å². The summed E-state index contributed by atoms with van der Waals surface area (Å²) in [6.45, 7) is 6.82. The van der Waals surface area contributed by atoms with Crippen molar-refractivity contribution < 1.29 is 0 Å². The molecule has 0 aromatic heterocycles. The Morgan fingerprint density at radius 2 is 1.83 bits per heavy atom. The van der Waals surface area contributed by atoms with Gasteiger partial charge in [0.1, 0.15) is 0 Å². The molecule has 0 nitrogen and oxygen atoms in total. The van der Waals surface area contributed by atoms with E-state index in [9.17, 15) is 0 Å². The molecule has 0 bridgehead atoms. The van der Waals surface area contributed by atoms with E-state index in [2.05, 4.69) is 87.6 Å². The predicted molar refractivity (Wildman–Crippen MR) is 79.5 cm³/mol. The quantitative estimate of drug-likeness (QED) is 0.641.